The van der Waals surface area contributed by atoms with E-state index in [1.807, 2.05) is 18.3 Å². The molecule has 2 aromatic rings. The highest BCUT2D eigenvalue weighted by molar-refractivity contribution is 6.01. The van der Waals surface area contributed by atoms with E-state index in [1.165, 1.54) is 11.1 Å². The number of nitrogens with one attached hydrogen (secondary N) is 1. The molecule has 1 aromatic heterocycles. The van der Waals surface area contributed by atoms with E-state index >= 15 is 0 Å². The molecule has 3 nitrogen and oxygen atoms in total. The number of nitrogens with two attached hydrogens (primary N) is 1. The summed E-state index contributed by atoms with van der Waals surface area (Å²) in [6, 6.07) is 10.3. The van der Waals surface area contributed by atoms with Gasteiger partial charge in [0.1, 0.15) is 0 Å². The summed E-state index contributed by atoms with van der Waals surface area (Å²) in [6.45, 7) is 2.61. The molecule has 3 N–H and O–H groups in total. The number of nitrogens with zero attached hydrogens (tertiary/aromatic N) is 1. The third-order valence-electron chi connectivity index (χ3n) is 4.14. The topological polar surface area (TPSA) is 62.8 Å². The molecule has 0 fully saturated rings. The van der Waals surface area contributed by atoms with E-state index < -0.39 is 0 Å². The summed E-state index contributed by atoms with van der Waals surface area (Å²) in [5.41, 5.74) is 12.3. The lowest BCUT2D eigenvalue weighted by atomic mass is 9.78. The second-order valence-corrected chi connectivity index (χ2v) is 5.44. The number of hydrogen-bond donors (Lipinski definition) is 2. The third kappa shape index (κ3) is 2.85. The molecule has 0 spiro atoms. The molecule has 0 amide bonds. The van der Waals surface area contributed by atoms with Crippen molar-refractivity contribution in [3.8, 4) is 0 Å². The number of hydrogen-bond acceptors (Lipinski definition) is 3. The highest BCUT2D eigenvalue weighted by Crippen LogP contribution is 2.34. The Bertz CT molecular complexity index is 667. The van der Waals surface area contributed by atoms with Crippen LogP contribution in [0.25, 0.3) is 0 Å². The lowest BCUT2D eigenvalue weighted by Crippen LogP contribution is -2.22. The van der Waals surface area contributed by atoms with Gasteiger partial charge in [0, 0.05) is 24.0 Å². The molecule has 1 heterocycles. The van der Waals surface area contributed by atoms with E-state index in [1.54, 1.807) is 0 Å². The molecule has 1 unspecified atom stereocenters. The first-order chi connectivity index (χ1) is 9.70. The Morgan fingerprint density at radius 1 is 1.24 bits per heavy atom. The van der Waals surface area contributed by atoms with Crippen molar-refractivity contribution in [3.63, 3.8) is 0 Å². The van der Waals surface area contributed by atoms with Gasteiger partial charge in [0.2, 0.25) is 0 Å². The van der Waals surface area contributed by atoms with E-state index in [0.29, 0.717) is 18.2 Å². The summed E-state index contributed by atoms with van der Waals surface area (Å²) in [5, 5.41) is 8.35. The van der Waals surface area contributed by atoms with Gasteiger partial charge in [-0.3, -0.25) is 4.98 Å². The van der Waals surface area contributed by atoms with Gasteiger partial charge >= 0.3 is 0 Å². The van der Waals surface area contributed by atoms with Crippen LogP contribution in [0.4, 0.5) is 0 Å². The van der Waals surface area contributed by atoms with Gasteiger partial charge in [0.15, 0.2) is 0 Å². The zero-order valence-corrected chi connectivity index (χ0v) is 12.9. The average Bonchev–Trinajstić information content (AvgIpc) is 2.47. The van der Waals surface area contributed by atoms with Crippen LogP contribution in [0.1, 0.15) is 40.3 Å². The lowest BCUT2D eigenvalue weighted by Gasteiger charge is -2.27. The predicted molar refractivity (Wildman–Crippen MR) is 88.4 cm³/mol. The van der Waals surface area contributed by atoms with Crippen LogP contribution >= 0.6 is 12.4 Å². The van der Waals surface area contributed by atoms with Gasteiger partial charge < -0.3 is 11.1 Å². The number of benzene rings is 1. The van der Waals surface area contributed by atoms with E-state index in [4.69, 9.17) is 11.1 Å². The van der Waals surface area contributed by atoms with Crippen molar-refractivity contribution in [2.45, 2.75) is 32.2 Å². The Balaban J connectivity index is 0.00000161. The minimum Gasteiger partial charge on any atom is -0.326 e. The van der Waals surface area contributed by atoms with Gasteiger partial charge in [-0.2, -0.15) is 0 Å². The zero-order valence-electron chi connectivity index (χ0n) is 12.1. The minimum absolute atomic E-state index is 0. The van der Waals surface area contributed by atoms with Gasteiger partial charge in [0.05, 0.1) is 5.69 Å². The highest BCUT2D eigenvalue weighted by atomic mass is 35.5. The van der Waals surface area contributed by atoms with Crippen LogP contribution in [0, 0.1) is 12.3 Å². The molecule has 1 aliphatic carbocycles. The maximum atomic E-state index is 8.35. The van der Waals surface area contributed by atoms with E-state index in [-0.39, 0.29) is 12.4 Å². The monoisotopic (exact) mass is 301 g/mol. The Morgan fingerprint density at radius 3 is 2.76 bits per heavy atom. The fourth-order valence-electron chi connectivity index (χ4n) is 3.17. The van der Waals surface area contributed by atoms with Crippen molar-refractivity contribution in [2.75, 3.05) is 0 Å². The Morgan fingerprint density at radius 2 is 2.00 bits per heavy atom. The van der Waals surface area contributed by atoms with Crippen LogP contribution in [0.15, 0.2) is 36.5 Å². The predicted octanol–water partition coefficient (Wildman–Crippen LogP) is 3.37. The molecular formula is C17H20ClN3. The summed E-state index contributed by atoms with van der Waals surface area (Å²) < 4.78 is 0. The molecule has 1 atom stereocenters. The number of halogens is 1. The number of fused-ring (bicyclic) bond motifs is 1. The maximum absolute atomic E-state index is 8.35. The van der Waals surface area contributed by atoms with Crippen LogP contribution < -0.4 is 5.73 Å². The molecule has 1 aliphatic rings. The summed E-state index contributed by atoms with van der Waals surface area (Å²) in [6.07, 6.45) is 3.52. The maximum Gasteiger partial charge on any atom is 0.0502 e. The Kier molecular flexibility index (Phi) is 4.76. The lowest BCUT2D eigenvalue weighted by molar-refractivity contribution is 0.669. The summed E-state index contributed by atoms with van der Waals surface area (Å²) in [4.78, 5) is 4.49. The molecule has 0 saturated heterocycles. The Hall–Kier alpha value is -1.71. The summed E-state index contributed by atoms with van der Waals surface area (Å²) >= 11 is 0. The van der Waals surface area contributed by atoms with Crippen molar-refractivity contribution >= 4 is 18.1 Å². The molecule has 21 heavy (non-hydrogen) atoms. The fraction of sp³-hybridized carbons (Fsp3) is 0.294. The number of aryl methyl sites for hydroxylation is 1. The first-order valence-electron chi connectivity index (χ1n) is 7.01. The van der Waals surface area contributed by atoms with E-state index in [0.717, 1.165) is 29.7 Å². The zero-order chi connectivity index (χ0) is 14.1. The highest BCUT2D eigenvalue weighted by Gasteiger charge is 2.27. The second-order valence-electron chi connectivity index (χ2n) is 5.44. The summed E-state index contributed by atoms with van der Waals surface area (Å²) in [5.74, 6) is 0.323. The van der Waals surface area contributed by atoms with E-state index in [2.05, 4.69) is 30.1 Å². The van der Waals surface area contributed by atoms with Crippen LogP contribution in [-0.4, -0.2) is 10.7 Å². The largest absolute Gasteiger partial charge is 0.326 e. The molecule has 0 aliphatic heterocycles. The van der Waals surface area contributed by atoms with Crippen molar-refractivity contribution in [1.82, 2.24) is 4.98 Å². The normalized spacial score (nSPS) is 17.0. The first kappa shape index (κ1) is 15.7. The van der Waals surface area contributed by atoms with Crippen molar-refractivity contribution < 1.29 is 0 Å². The van der Waals surface area contributed by atoms with Crippen molar-refractivity contribution in [1.29, 1.82) is 5.41 Å². The molecule has 4 heteroatoms. The molecule has 0 bridgehead atoms. The number of aromatic nitrogens is 1. The number of rotatable bonds is 2. The molecular weight excluding hydrogens is 282 g/mol. The van der Waals surface area contributed by atoms with Gasteiger partial charge in [-0.15, -0.1) is 12.4 Å². The molecule has 0 saturated carbocycles. The Labute approximate surface area is 131 Å². The van der Waals surface area contributed by atoms with Gasteiger partial charge in [0.25, 0.3) is 0 Å². The van der Waals surface area contributed by atoms with Crippen molar-refractivity contribution in [3.05, 3.63) is 64.5 Å². The summed E-state index contributed by atoms with van der Waals surface area (Å²) in [7, 11) is 0. The second kappa shape index (κ2) is 6.37. The van der Waals surface area contributed by atoms with Crippen LogP contribution in [-0.2, 0) is 13.0 Å². The average molecular weight is 302 g/mol. The number of pyridine rings is 1. The molecule has 0 radical (unpaired) electrons. The standard InChI is InChI=1S/C17H19N3.ClH/c1-11-6-7-20-16-9-13(8-15(19)17(11)16)14-5-3-2-4-12(14)10-18;/h2-7,13,19H,8-10,18H2,1H3;1H. The molecule has 3 rings (SSSR count). The first-order valence-corrected chi connectivity index (χ1v) is 7.01. The third-order valence-corrected chi connectivity index (χ3v) is 4.14. The van der Waals surface area contributed by atoms with Crippen molar-refractivity contribution in [2.24, 2.45) is 5.73 Å². The smallest absolute Gasteiger partial charge is 0.0502 e. The van der Waals surface area contributed by atoms with Gasteiger partial charge in [-0.1, -0.05) is 24.3 Å². The fourth-order valence-corrected chi connectivity index (χ4v) is 3.17. The van der Waals surface area contributed by atoms with Crippen LogP contribution in [0.3, 0.4) is 0 Å². The van der Waals surface area contributed by atoms with Crippen LogP contribution in [0.5, 0.6) is 0 Å². The van der Waals surface area contributed by atoms with Crippen LogP contribution in [0.2, 0.25) is 0 Å². The minimum atomic E-state index is 0. The van der Waals surface area contributed by atoms with E-state index in [9.17, 15) is 0 Å². The molecule has 1 aromatic carbocycles. The quantitative estimate of drug-likeness (QED) is 0.893. The SMILES string of the molecule is Cc1ccnc2c1C(=N)CC(c1ccccc1CN)C2.Cl. The van der Waals surface area contributed by atoms with Gasteiger partial charge in [-0.25, -0.2) is 0 Å². The van der Waals surface area contributed by atoms with Gasteiger partial charge in [-0.05, 0) is 48.4 Å². The molecule has 110 valence electrons.